The number of amides is 1. The van der Waals surface area contributed by atoms with Gasteiger partial charge >= 0.3 is 0 Å². The molecule has 0 aliphatic rings. The minimum absolute atomic E-state index is 0.0859. The molecular weight excluding hydrogens is 334 g/mol. The van der Waals surface area contributed by atoms with Gasteiger partial charge < -0.3 is 5.32 Å². The Kier molecular flexibility index (Phi) is 5.58. The van der Waals surface area contributed by atoms with Crippen LogP contribution >= 0.6 is 31.9 Å². The first-order valence-electron chi connectivity index (χ1n) is 4.78. The molecule has 1 rings (SSSR count). The summed E-state index contributed by atoms with van der Waals surface area (Å²) >= 11 is 6.69. The third kappa shape index (κ3) is 3.99. The predicted molar refractivity (Wildman–Crippen MR) is 72.2 cm³/mol. The maximum Gasteiger partial charge on any atom is 0.252 e. The van der Waals surface area contributed by atoms with E-state index in [0.29, 0.717) is 18.5 Å². The lowest BCUT2D eigenvalue weighted by molar-refractivity contribution is 0.0954. The van der Waals surface area contributed by atoms with Gasteiger partial charge in [-0.25, -0.2) is 0 Å². The van der Waals surface area contributed by atoms with Gasteiger partial charge in [0, 0.05) is 21.9 Å². The molecule has 0 aliphatic carbocycles. The summed E-state index contributed by atoms with van der Waals surface area (Å²) in [5.74, 6) is 5.59. The monoisotopic (exact) mass is 343 g/mol. The van der Waals surface area contributed by atoms with Gasteiger partial charge in [-0.1, -0.05) is 15.9 Å². The van der Waals surface area contributed by atoms with Crippen LogP contribution in [0.5, 0.6) is 0 Å². The second-order valence-corrected chi connectivity index (χ2v) is 4.83. The first kappa shape index (κ1) is 13.3. The first-order chi connectivity index (χ1) is 7.65. The fraction of sp³-hybridized carbons (Fsp3) is 0.250. The van der Waals surface area contributed by atoms with E-state index >= 15 is 0 Å². The normalized spacial score (nSPS) is 9.19. The topological polar surface area (TPSA) is 29.1 Å². The van der Waals surface area contributed by atoms with Crippen LogP contribution in [-0.2, 0) is 0 Å². The molecule has 16 heavy (non-hydrogen) atoms. The second-order valence-electron chi connectivity index (χ2n) is 3.06. The summed E-state index contributed by atoms with van der Waals surface area (Å²) in [6, 6.07) is 5.46. The van der Waals surface area contributed by atoms with E-state index < -0.39 is 0 Å². The Morgan fingerprint density at radius 2 is 2.19 bits per heavy atom. The van der Waals surface area contributed by atoms with Crippen LogP contribution in [0.25, 0.3) is 0 Å². The molecule has 0 saturated heterocycles. The van der Waals surface area contributed by atoms with Crippen molar-refractivity contribution in [2.24, 2.45) is 0 Å². The zero-order chi connectivity index (χ0) is 12.0. The zero-order valence-electron chi connectivity index (χ0n) is 8.81. The van der Waals surface area contributed by atoms with Crippen LogP contribution < -0.4 is 5.32 Å². The molecule has 1 aromatic carbocycles. The van der Waals surface area contributed by atoms with Gasteiger partial charge in [-0.3, -0.25) is 4.79 Å². The molecule has 0 atom stereocenters. The van der Waals surface area contributed by atoms with Crippen molar-refractivity contribution in [1.29, 1.82) is 0 Å². The number of nitrogens with one attached hydrogen (secondary N) is 1. The Hall–Kier alpha value is -0.790. The number of benzene rings is 1. The maximum atomic E-state index is 11.7. The summed E-state index contributed by atoms with van der Waals surface area (Å²) in [6.45, 7) is 2.36. The van der Waals surface area contributed by atoms with Gasteiger partial charge in [0.1, 0.15) is 0 Å². The maximum absolute atomic E-state index is 11.7. The van der Waals surface area contributed by atoms with E-state index in [1.54, 1.807) is 13.0 Å². The molecule has 1 amide bonds. The molecule has 1 N–H and O–H groups in total. The molecule has 0 aromatic heterocycles. The van der Waals surface area contributed by atoms with Crippen LogP contribution in [0.2, 0.25) is 0 Å². The van der Waals surface area contributed by atoms with Gasteiger partial charge in [0.2, 0.25) is 0 Å². The van der Waals surface area contributed by atoms with Crippen molar-refractivity contribution < 1.29 is 4.79 Å². The minimum atomic E-state index is -0.0859. The highest BCUT2D eigenvalue weighted by Crippen LogP contribution is 2.21. The van der Waals surface area contributed by atoms with Gasteiger partial charge in [-0.15, -0.1) is 11.8 Å². The number of hydrogen-bond acceptors (Lipinski definition) is 1. The molecule has 0 radical (unpaired) electrons. The lowest BCUT2D eigenvalue weighted by Crippen LogP contribution is -2.24. The molecule has 1 aromatic rings. The van der Waals surface area contributed by atoms with E-state index in [9.17, 15) is 4.79 Å². The van der Waals surface area contributed by atoms with Gasteiger partial charge in [0.05, 0.1) is 5.56 Å². The Morgan fingerprint density at radius 1 is 1.44 bits per heavy atom. The molecule has 4 heteroatoms. The van der Waals surface area contributed by atoms with Crippen LogP contribution in [0.1, 0.15) is 23.7 Å². The zero-order valence-corrected chi connectivity index (χ0v) is 12.0. The number of halogens is 2. The largest absolute Gasteiger partial charge is 0.351 e. The molecule has 0 bridgehead atoms. The van der Waals surface area contributed by atoms with Crippen LogP contribution in [-0.4, -0.2) is 12.5 Å². The van der Waals surface area contributed by atoms with Crippen molar-refractivity contribution in [3.05, 3.63) is 32.7 Å². The van der Waals surface area contributed by atoms with Crippen molar-refractivity contribution in [2.45, 2.75) is 13.3 Å². The molecule has 84 valence electrons. The summed E-state index contributed by atoms with van der Waals surface area (Å²) in [4.78, 5) is 11.7. The summed E-state index contributed by atoms with van der Waals surface area (Å²) < 4.78 is 1.72. The van der Waals surface area contributed by atoms with E-state index in [1.807, 2.05) is 12.1 Å². The summed E-state index contributed by atoms with van der Waals surface area (Å²) in [5, 5.41) is 2.81. The molecular formula is C12H11Br2NO. The van der Waals surface area contributed by atoms with E-state index in [-0.39, 0.29) is 5.91 Å². The predicted octanol–water partition coefficient (Wildman–Crippen LogP) is 3.35. The lowest BCUT2D eigenvalue weighted by atomic mass is 10.2. The highest BCUT2D eigenvalue weighted by Gasteiger charge is 2.08. The fourth-order valence-corrected chi connectivity index (χ4v) is 2.36. The highest BCUT2D eigenvalue weighted by molar-refractivity contribution is 9.11. The molecule has 0 spiro atoms. The van der Waals surface area contributed by atoms with Crippen molar-refractivity contribution >= 4 is 37.8 Å². The van der Waals surface area contributed by atoms with E-state index in [1.165, 1.54) is 0 Å². The van der Waals surface area contributed by atoms with E-state index in [4.69, 9.17) is 0 Å². The molecule has 0 heterocycles. The van der Waals surface area contributed by atoms with Gasteiger partial charge in [-0.2, -0.15) is 0 Å². The molecule has 2 nitrogen and oxygen atoms in total. The average Bonchev–Trinajstić information content (AvgIpc) is 2.24. The summed E-state index contributed by atoms with van der Waals surface area (Å²) in [6.07, 6.45) is 0.677. The van der Waals surface area contributed by atoms with Crippen molar-refractivity contribution in [3.8, 4) is 11.8 Å². The van der Waals surface area contributed by atoms with Crippen molar-refractivity contribution in [3.63, 3.8) is 0 Å². The van der Waals surface area contributed by atoms with Crippen LogP contribution in [0, 0.1) is 11.8 Å². The molecule has 0 aliphatic heterocycles. The number of carbonyl (C=O) groups excluding carboxylic acids is 1. The summed E-state index contributed by atoms with van der Waals surface area (Å²) in [5.41, 5.74) is 0.632. The highest BCUT2D eigenvalue weighted by atomic mass is 79.9. The minimum Gasteiger partial charge on any atom is -0.351 e. The Labute approximate surface area is 112 Å². The number of carbonyl (C=O) groups is 1. The van der Waals surface area contributed by atoms with Crippen molar-refractivity contribution in [1.82, 2.24) is 5.32 Å². The SMILES string of the molecule is CC#CCCNC(=O)c1ccc(Br)cc1Br. The van der Waals surface area contributed by atoms with Gasteiger partial charge in [0.25, 0.3) is 5.91 Å². The Bertz CT molecular complexity index is 446. The average molecular weight is 345 g/mol. The number of rotatable bonds is 3. The Balaban J connectivity index is 2.61. The Morgan fingerprint density at radius 3 is 2.81 bits per heavy atom. The smallest absolute Gasteiger partial charge is 0.252 e. The van der Waals surface area contributed by atoms with Gasteiger partial charge in [-0.05, 0) is 41.1 Å². The molecule has 0 fully saturated rings. The van der Waals surface area contributed by atoms with Crippen molar-refractivity contribution in [2.75, 3.05) is 6.54 Å². The van der Waals surface area contributed by atoms with Crippen LogP contribution in [0.3, 0.4) is 0 Å². The first-order valence-corrected chi connectivity index (χ1v) is 6.36. The molecule has 0 saturated carbocycles. The second kappa shape index (κ2) is 6.72. The van der Waals surface area contributed by atoms with E-state index in [2.05, 4.69) is 49.0 Å². The van der Waals surface area contributed by atoms with Crippen LogP contribution in [0.15, 0.2) is 27.1 Å². The van der Waals surface area contributed by atoms with Crippen LogP contribution in [0.4, 0.5) is 0 Å². The third-order valence-corrected chi connectivity index (χ3v) is 3.04. The lowest BCUT2D eigenvalue weighted by Gasteiger charge is -2.05. The molecule has 0 unspecified atom stereocenters. The van der Waals surface area contributed by atoms with Gasteiger partial charge in [0.15, 0.2) is 0 Å². The quantitative estimate of drug-likeness (QED) is 0.661. The standard InChI is InChI=1S/C12H11Br2NO/c1-2-3-4-7-15-12(16)10-6-5-9(13)8-11(10)14/h5-6,8H,4,7H2,1H3,(H,15,16). The third-order valence-electron chi connectivity index (χ3n) is 1.89. The fourth-order valence-electron chi connectivity index (χ4n) is 1.13. The summed E-state index contributed by atoms with van der Waals surface area (Å²) in [7, 11) is 0. The number of hydrogen-bond donors (Lipinski definition) is 1. The van der Waals surface area contributed by atoms with E-state index in [0.717, 1.165) is 8.95 Å².